The Morgan fingerprint density at radius 3 is 2.72 bits per heavy atom. The van der Waals surface area contributed by atoms with E-state index in [1.807, 2.05) is 36.4 Å². The molecule has 3 N–H and O–H groups in total. The van der Waals surface area contributed by atoms with E-state index in [0.29, 0.717) is 11.6 Å². The van der Waals surface area contributed by atoms with Crippen LogP contribution in [0.4, 0.5) is 11.4 Å². The molecular formula is C21H25N5O2S. The van der Waals surface area contributed by atoms with E-state index in [1.165, 1.54) is 5.56 Å². The quantitative estimate of drug-likeness (QED) is 0.554. The van der Waals surface area contributed by atoms with Crippen molar-refractivity contribution in [3.05, 3.63) is 48.0 Å². The van der Waals surface area contributed by atoms with Gasteiger partial charge in [0.2, 0.25) is 5.91 Å². The smallest absolute Gasteiger partial charge is 0.243 e. The normalized spacial score (nSPS) is 15.5. The fourth-order valence-corrected chi connectivity index (χ4v) is 4.23. The summed E-state index contributed by atoms with van der Waals surface area (Å²) in [5.74, 6) is 0.310. The molecule has 4 rings (SSSR count). The highest BCUT2D eigenvalue weighted by Crippen LogP contribution is 2.23. The van der Waals surface area contributed by atoms with Crippen molar-refractivity contribution in [3.63, 3.8) is 0 Å². The van der Waals surface area contributed by atoms with Crippen molar-refractivity contribution in [3.8, 4) is 0 Å². The molecule has 1 aliphatic rings. The molecule has 0 saturated carbocycles. The topological polar surface area (TPSA) is 90.4 Å². The van der Waals surface area contributed by atoms with Crippen LogP contribution in [0.1, 0.15) is 18.4 Å². The van der Waals surface area contributed by atoms with Gasteiger partial charge in [-0.05, 0) is 55.6 Å². The number of likely N-dealkylation sites (tertiary alicyclic amines) is 1. The standard InChI is InChI=1S/C21H25N5O2S/c27-14-15-8-10-26(11-9-15)13-16-4-1-2-5-17(16)22-12-20(28)23-18-6-3-7-19-21(18)25-29-24-19/h1-7,15,22,27H,8-14H2,(H,23,28). The minimum Gasteiger partial charge on any atom is -0.396 e. The van der Waals surface area contributed by atoms with Gasteiger partial charge < -0.3 is 15.7 Å². The van der Waals surface area contributed by atoms with E-state index in [0.717, 1.165) is 60.9 Å². The Balaban J connectivity index is 1.35. The first-order valence-corrected chi connectivity index (χ1v) is 10.6. The molecule has 2 heterocycles. The van der Waals surface area contributed by atoms with Crippen molar-refractivity contribution >= 4 is 40.0 Å². The molecule has 0 aliphatic carbocycles. The lowest BCUT2D eigenvalue weighted by Gasteiger charge is -2.31. The fourth-order valence-electron chi connectivity index (χ4n) is 3.68. The van der Waals surface area contributed by atoms with Crippen LogP contribution in [0, 0.1) is 5.92 Å². The van der Waals surface area contributed by atoms with E-state index in [2.05, 4.69) is 30.3 Å². The number of hydrogen-bond acceptors (Lipinski definition) is 7. The SMILES string of the molecule is O=C(CNc1ccccc1CN1CCC(CO)CC1)Nc1cccc2nsnc12. The molecule has 0 atom stereocenters. The molecule has 7 nitrogen and oxygen atoms in total. The third-order valence-corrected chi connectivity index (χ3v) is 5.92. The van der Waals surface area contributed by atoms with Crippen LogP contribution in [-0.2, 0) is 11.3 Å². The number of para-hydroxylation sites is 1. The van der Waals surface area contributed by atoms with Crippen molar-refractivity contribution < 1.29 is 9.90 Å². The summed E-state index contributed by atoms with van der Waals surface area (Å²) in [7, 11) is 0. The van der Waals surface area contributed by atoms with Crippen LogP contribution in [0.3, 0.4) is 0 Å². The summed E-state index contributed by atoms with van der Waals surface area (Å²) >= 11 is 1.14. The summed E-state index contributed by atoms with van der Waals surface area (Å²) < 4.78 is 8.46. The van der Waals surface area contributed by atoms with Gasteiger partial charge >= 0.3 is 0 Å². The molecule has 152 valence electrons. The number of piperidine rings is 1. The maximum atomic E-state index is 12.5. The summed E-state index contributed by atoms with van der Waals surface area (Å²) in [4.78, 5) is 14.9. The number of aliphatic hydroxyl groups excluding tert-OH is 1. The van der Waals surface area contributed by atoms with Gasteiger partial charge in [0.05, 0.1) is 24.0 Å². The lowest BCUT2D eigenvalue weighted by molar-refractivity contribution is -0.114. The molecule has 0 unspecified atom stereocenters. The molecule has 0 spiro atoms. The monoisotopic (exact) mass is 411 g/mol. The van der Waals surface area contributed by atoms with Gasteiger partial charge in [-0.15, -0.1) is 0 Å². The Kier molecular flexibility index (Phi) is 6.33. The highest BCUT2D eigenvalue weighted by atomic mass is 32.1. The molecule has 3 aromatic rings. The van der Waals surface area contributed by atoms with E-state index in [9.17, 15) is 9.90 Å². The van der Waals surface area contributed by atoms with Crippen LogP contribution in [0.5, 0.6) is 0 Å². The van der Waals surface area contributed by atoms with Crippen molar-refractivity contribution in [1.29, 1.82) is 0 Å². The largest absolute Gasteiger partial charge is 0.396 e. The van der Waals surface area contributed by atoms with E-state index >= 15 is 0 Å². The van der Waals surface area contributed by atoms with E-state index < -0.39 is 0 Å². The van der Waals surface area contributed by atoms with Crippen LogP contribution >= 0.6 is 11.7 Å². The summed E-state index contributed by atoms with van der Waals surface area (Å²) in [5, 5.41) is 15.5. The first-order chi connectivity index (χ1) is 14.2. The molecule has 1 aromatic heterocycles. The number of nitrogens with zero attached hydrogens (tertiary/aromatic N) is 3. The average molecular weight is 412 g/mol. The van der Waals surface area contributed by atoms with Gasteiger partial charge in [-0.3, -0.25) is 9.69 Å². The van der Waals surface area contributed by atoms with Crippen LogP contribution in [0.2, 0.25) is 0 Å². The zero-order valence-electron chi connectivity index (χ0n) is 16.2. The highest BCUT2D eigenvalue weighted by Gasteiger charge is 2.19. The summed E-state index contributed by atoms with van der Waals surface area (Å²) in [6.45, 7) is 3.29. The Hall–Kier alpha value is -2.55. The van der Waals surface area contributed by atoms with Gasteiger partial charge in [0.1, 0.15) is 11.0 Å². The van der Waals surface area contributed by atoms with Gasteiger partial charge in [0.15, 0.2) is 0 Å². The van der Waals surface area contributed by atoms with Crippen LogP contribution in [0.25, 0.3) is 11.0 Å². The van der Waals surface area contributed by atoms with Gasteiger partial charge in [-0.25, -0.2) is 0 Å². The van der Waals surface area contributed by atoms with Crippen molar-refractivity contribution in [2.45, 2.75) is 19.4 Å². The fraction of sp³-hybridized carbons (Fsp3) is 0.381. The number of aliphatic hydroxyl groups is 1. The lowest BCUT2D eigenvalue weighted by Crippen LogP contribution is -2.34. The maximum absolute atomic E-state index is 12.5. The number of carbonyl (C=O) groups is 1. The van der Waals surface area contributed by atoms with E-state index in [4.69, 9.17) is 0 Å². The first kappa shape index (κ1) is 19.8. The lowest BCUT2D eigenvalue weighted by atomic mass is 9.97. The van der Waals surface area contributed by atoms with Crippen LogP contribution in [-0.4, -0.2) is 50.9 Å². The third kappa shape index (κ3) is 4.90. The Labute approximate surface area is 174 Å². The molecule has 1 aliphatic heterocycles. The Morgan fingerprint density at radius 1 is 1.10 bits per heavy atom. The van der Waals surface area contributed by atoms with E-state index in [1.54, 1.807) is 0 Å². The number of amides is 1. The second-order valence-electron chi connectivity index (χ2n) is 7.40. The molecule has 2 aromatic carbocycles. The van der Waals surface area contributed by atoms with Gasteiger partial charge in [-0.1, -0.05) is 24.3 Å². The number of anilines is 2. The predicted molar refractivity (Wildman–Crippen MR) is 116 cm³/mol. The number of fused-ring (bicyclic) bond motifs is 1. The molecule has 1 saturated heterocycles. The molecule has 1 fully saturated rings. The minimum atomic E-state index is -0.121. The third-order valence-electron chi connectivity index (χ3n) is 5.38. The van der Waals surface area contributed by atoms with Crippen LogP contribution < -0.4 is 10.6 Å². The number of nitrogens with one attached hydrogen (secondary N) is 2. The summed E-state index contributed by atoms with van der Waals surface area (Å²) in [6.07, 6.45) is 2.07. The number of carbonyl (C=O) groups excluding carboxylic acids is 1. The minimum absolute atomic E-state index is 0.121. The van der Waals surface area contributed by atoms with Crippen molar-refractivity contribution in [1.82, 2.24) is 13.6 Å². The summed E-state index contributed by atoms with van der Waals surface area (Å²) in [5.41, 5.74) is 4.34. The van der Waals surface area contributed by atoms with Crippen LogP contribution in [0.15, 0.2) is 42.5 Å². The van der Waals surface area contributed by atoms with Gasteiger partial charge in [0.25, 0.3) is 0 Å². The molecule has 8 heteroatoms. The Bertz CT molecular complexity index is 968. The molecule has 29 heavy (non-hydrogen) atoms. The maximum Gasteiger partial charge on any atom is 0.243 e. The highest BCUT2D eigenvalue weighted by molar-refractivity contribution is 7.00. The van der Waals surface area contributed by atoms with Gasteiger partial charge in [-0.2, -0.15) is 8.75 Å². The van der Waals surface area contributed by atoms with Crippen molar-refractivity contribution in [2.75, 3.05) is 36.9 Å². The molecule has 0 radical (unpaired) electrons. The zero-order chi connectivity index (χ0) is 20.1. The first-order valence-electron chi connectivity index (χ1n) is 9.89. The summed E-state index contributed by atoms with van der Waals surface area (Å²) in [6, 6.07) is 13.7. The van der Waals surface area contributed by atoms with E-state index in [-0.39, 0.29) is 19.1 Å². The number of hydrogen-bond donors (Lipinski definition) is 3. The molecule has 0 bridgehead atoms. The Morgan fingerprint density at radius 2 is 1.90 bits per heavy atom. The second kappa shape index (κ2) is 9.30. The zero-order valence-corrected chi connectivity index (χ0v) is 17.0. The predicted octanol–water partition coefficient (Wildman–Crippen LogP) is 2.95. The number of benzene rings is 2. The average Bonchev–Trinajstić information content (AvgIpc) is 3.24. The molecular weight excluding hydrogens is 386 g/mol. The number of aromatic nitrogens is 2. The number of rotatable bonds is 7. The second-order valence-corrected chi connectivity index (χ2v) is 7.93. The van der Waals surface area contributed by atoms with Crippen molar-refractivity contribution in [2.24, 2.45) is 5.92 Å². The van der Waals surface area contributed by atoms with Gasteiger partial charge in [0, 0.05) is 18.8 Å². The molecule has 1 amide bonds.